The van der Waals surface area contributed by atoms with E-state index in [2.05, 4.69) is 5.32 Å². The van der Waals surface area contributed by atoms with Crippen molar-refractivity contribution in [3.8, 4) is 0 Å². The summed E-state index contributed by atoms with van der Waals surface area (Å²) in [5.41, 5.74) is 0.162. The van der Waals surface area contributed by atoms with Crippen LogP contribution in [0.1, 0.15) is 6.92 Å². The molecule has 9 heteroatoms. The molecular weight excluding hydrogens is 310 g/mol. The molecule has 0 radical (unpaired) electrons. The Morgan fingerprint density at radius 2 is 1.74 bits per heavy atom. The van der Waals surface area contributed by atoms with Gasteiger partial charge in [-0.05, 0) is 12.5 Å². The van der Waals surface area contributed by atoms with Crippen molar-refractivity contribution >= 4 is 0 Å². The van der Waals surface area contributed by atoms with E-state index >= 15 is 0 Å². The second-order valence-corrected chi connectivity index (χ2v) is 5.97. The van der Waals surface area contributed by atoms with Gasteiger partial charge in [0.2, 0.25) is 0 Å². The summed E-state index contributed by atoms with van der Waals surface area (Å²) in [4.78, 5) is 0. The monoisotopic (exact) mass is 335 g/mol. The molecule has 0 amide bonds. The van der Waals surface area contributed by atoms with Gasteiger partial charge in [0, 0.05) is 7.11 Å². The zero-order chi connectivity index (χ0) is 17.3. The zero-order valence-corrected chi connectivity index (χ0v) is 13.0. The van der Waals surface area contributed by atoms with Gasteiger partial charge in [0.05, 0.1) is 24.8 Å². The molecule has 2 aliphatic rings. The van der Waals surface area contributed by atoms with Crippen LogP contribution in [0.15, 0.2) is 11.6 Å². The van der Waals surface area contributed by atoms with Crippen LogP contribution >= 0.6 is 0 Å². The molecule has 9 atom stereocenters. The second kappa shape index (κ2) is 7.51. The van der Waals surface area contributed by atoms with Gasteiger partial charge in [0.15, 0.2) is 6.29 Å². The SMILES string of the molecule is CO[C@@H]1O[C@H](C)[C@H](N[C@@H]2C=C(CO)[C@@H](O)C(O)[C@H]2O)[C@H](O)C1O. The molecule has 1 heterocycles. The fourth-order valence-corrected chi connectivity index (χ4v) is 3.02. The number of rotatable bonds is 4. The van der Waals surface area contributed by atoms with E-state index in [-0.39, 0.29) is 5.57 Å². The molecule has 1 aliphatic carbocycles. The summed E-state index contributed by atoms with van der Waals surface area (Å²) in [6.45, 7) is 1.19. The maximum Gasteiger partial charge on any atom is 0.186 e. The van der Waals surface area contributed by atoms with E-state index in [1.54, 1.807) is 6.92 Å². The maximum atomic E-state index is 10.2. The number of aliphatic hydroxyl groups excluding tert-OH is 6. The normalized spacial score (nSPS) is 48.2. The van der Waals surface area contributed by atoms with E-state index in [1.165, 1.54) is 13.2 Å². The topological polar surface area (TPSA) is 152 Å². The lowest BCUT2D eigenvalue weighted by molar-refractivity contribution is -0.265. The number of aliphatic hydroxyl groups is 6. The van der Waals surface area contributed by atoms with Crippen LogP contribution in [-0.4, -0.2) is 99.4 Å². The van der Waals surface area contributed by atoms with Crippen LogP contribution in [0.25, 0.3) is 0 Å². The molecule has 2 rings (SSSR count). The number of methoxy groups -OCH3 is 1. The Kier molecular flexibility index (Phi) is 6.11. The Morgan fingerprint density at radius 1 is 1.09 bits per heavy atom. The van der Waals surface area contributed by atoms with Crippen molar-refractivity contribution in [3.05, 3.63) is 11.6 Å². The molecule has 0 aromatic carbocycles. The van der Waals surface area contributed by atoms with E-state index in [1.807, 2.05) is 0 Å². The summed E-state index contributed by atoms with van der Waals surface area (Å²) in [5.74, 6) is 0. The van der Waals surface area contributed by atoms with Gasteiger partial charge in [-0.1, -0.05) is 6.08 Å². The first-order valence-electron chi connectivity index (χ1n) is 7.47. The molecule has 0 aromatic rings. The Labute approximate surface area is 133 Å². The predicted octanol–water partition coefficient (Wildman–Crippen LogP) is -3.56. The minimum absolute atomic E-state index is 0.162. The van der Waals surface area contributed by atoms with Crippen molar-refractivity contribution in [2.24, 2.45) is 0 Å². The zero-order valence-electron chi connectivity index (χ0n) is 13.0. The Hall–Kier alpha value is -0.620. The standard InChI is InChI=1S/C14H25NO8/c1-5-8(11(19)13(21)14(22-2)23-5)15-7-3-6(4-16)9(17)12(20)10(7)18/h3,5,7-21H,4H2,1-2H3/t5-,7-,8+,9-,10+,11+,12?,13?,14-/m1/s1. The van der Waals surface area contributed by atoms with E-state index in [0.29, 0.717) is 0 Å². The molecule has 1 saturated heterocycles. The van der Waals surface area contributed by atoms with Gasteiger partial charge in [-0.3, -0.25) is 0 Å². The Balaban J connectivity index is 2.15. The Morgan fingerprint density at radius 3 is 2.30 bits per heavy atom. The fourth-order valence-electron chi connectivity index (χ4n) is 3.02. The third kappa shape index (κ3) is 3.58. The smallest absolute Gasteiger partial charge is 0.186 e. The average Bonchev–Trinajstić information content (AvgIpc) is 2.54. The van der Waals surface area contributed by atoms with E-state index in [9.17, 15) is 30.6 Å². The van der Waals surface area contributed by atoms with Crippen LogP contribution in [0, 0.1) is 0 Å². The highest BCUT2D eigenvalue weighted by molar-refractivity contribution is 5.22. The van der Waals surface area contributed by atoms with E-state index in [4.69, 9.17) is 9.47 Å². The lowest BCUT2D eigenvalue weighted by atomic mass is 9.86. The third-order valence-corrected chi connectivity index (χ3v) is 4.47. The van der Waals surface area contributed by atoms with Crippen LogP contribution in [0.3, 0.4) is 0 Å². The predicted molar refractivity (Wildman–Crippen MR) is 77.3 cm³/mol. The molecule has 1 aliphatic heterocycles. The van der Waals surface area contributed by atoms with Crippen LogP contribution in [0.4, 0.5) is 0 Å². The summed E-state index contributed by atoms with van der Waals surface area (Å²) in [7, 11) is 1.35. The van der Waals surface area contributed by atoms with Gasteiger partial charge in [-0.2, -0.15) is 0 Å². The minimum Gasteiger partial charge on any atom is -0.392 e. The number of ether oxygens (including phenoxy) is 2. The van der Waals surface area contributed by atoms with Crippen molar-refractivity contribution in [2.45, 2.75) is 61.9 Å². The second-order valence-electron chi connectivity index (χ2n) is 5.97. The van der Waals surface area contributed by atoms with E-state index in [0.717, 1.165) is 0 Å². The van der Waals surface area contributed by atoms with Crippen molar-refractivity contribution in [2.75, 3.05) is 13.7 Å². The van der Waals surface area contributed by atoms with Crippen LogP contribution in [-0.2, 0) is 9.47 Å². The molecule has 1 fully saturated rings. The molecule has 9 nitrogen and oxygen atoms in total. The Bertz CT molecular complexity index is 433. The lowest BCUT2D eigenvalue weighted by Crippen LogP contribution is -2.66. The maximum absolute atomic E-state index is 10.2. The molecule has 7 N–H and O–H groups in total. The summed E-state index contributed by atoms with van der Waals surface area (Å²) in [5, 5.41) is 62.0. The van der Waals surface area contributed by atoms with Gasteiger partial charge >= 0.3 is 0 Å². The summed E-state index contributed by atoms with van der Waals surface area (Å²) >= 11 is 0. The van der Waals surface area contributed by atoms with E-state index < -0.39 is 61.6 Å². The molecule has 0 spiro atoms. The van der Waals surface area contributed by atoms with Gasteiger partial charge < -0.3 is 45.4 Å². The minimum atomic E-state index is -1.48. The van der Waals surface area contributed by atoms with Gasteiger partial charge in [0.25, 0.3) is 0 Å². The molecule has 134 valence electrons. The van der Waals surface area contributed by atoms with Crippen molar-refractivity contribution in [1.29, 1.82) is 0 Å². The van der Waals surface area contributed by atoms with Crippen molar-refractivity contribution in [1.82, 2.24) is 5.32 Å². The molecule has 0 aromatic heterocycles. The lowest BCUT2D eigenvalue weighted by Gasteiger charge is -2.44. The molecule has 2 unspecified atom stereocenters. The number of hydrogen-bond acceptors (Lipinski definition) is 9. The molecular formula is C14H25NO8. The van der Waals surface area contributed by atoms with Crippen LogP contribution in [0.2, 0.25) is 0 Å². The van der Waals surface area contributed by atoms with Crippen LogP contribution in [0.5, 0.6) is 0 Å². The molecule has 0 saturated carbocycles. The highest BCUT2D eigenvalue weighted by Crippen LogP contribution is 2.25. The average molecular weight is 335 g/mol. The summed E-state index contributed by atoms with van der Waals surface area (Å²) in [6.07, 6.45) is -6.83. The largest absolute Gasteiger partial charge is 0.392 e. The first-order valence-corrected chi connectivity index (χ1v) is 7.47. The first kappa shape index (κ1) is 18.7. The molecule has 0 bridgehead atoms. The quantitative estimate of drug-likeness (QED) is 0.259. The van der Waals surface area contributed by atoms with Crippen molar-refractivity contribution in [3.63, 3.8) is 0 Å². The van der Waals surface area contributed by atoms with Crippen LogP contribution < -0.4 is 5.32 Å². The number of nitrogens with one attached hydrogen (secondary N) is 1. The summed E-state index contributed by atoms with van der Waals surface area (Å²) < 4.78 is 10.4. The highest BCUT2D eigenvalue weighted by atomic mass is 16.7. The van der Waals surface area contributed by atoms with Crippen molar-refractivity contribution < 1.29 is 40.1 Å². The third-order valence-electron chi connectivity index (χ3n) is 4.47. The number of hydrogen-bond donors (Lipinski definition) is 7. The molecule has 23 heavy (non-hydrogen) atoms. The fraction of sp³-hybridized carbons (Fsp3) is 0.857. The first-order chi connectivity index (χ1) is 10.8. The highest BCUT2D eigenvalue weighted by Gasteiger charge is 2.45. The summed E-state index contributed by atoms with van der Waals surface area (Å²) in [6, 6.07) is -1.60. The van der Waals surface area contributed by atoms with Gasteiger partial charge in [-0.25, -0.2) is 0 Å². The van der Waals surface area contributed by atoms with Gasteiger partial charge in [-0.15, -0.1) is 0 Å². The van der Waals surface area contributed by atoms with Gasteiger partial charge in [0.1, 0.15) is 30.5 Å².